The van der Waals surface area contributed by atoms with Crippen molar-refractivity contribution in [3.8, 4) is 0 Å². The van der Waals surface area contributed by atoms with Gasteiger partial charge in [-0.1, -0.05) is 29.8 Å². The summed E-state index contributed by atoms with van der Waals surface area (Å²) in [6.07, 6.45) is 2.18. The number of rotatable bonds is 2. The van der Waals surface area contributed by atoms with Gasteiger partial charge in [0.15, 0.2) is 0 Å². The molecule has 1 saturated heterocycles. The Bertz CT molecular complexity index is 301. The highest BCUT2D eigenvalue weighted by Crippen LogP contribution is 2.27. The van der Waals surface area contributed by atoms with Crippen molar-refractivity contribution < 1.29 is 4.74 Å². The topological polar surface area (TPSA) is 35.2 Å². The van der Waals surface area contributed by atoms with Crippen molar-refractivity contribution in [3.05, 3.63) is 35.4 Å². The van der Waals surface area contributed by atoms with Crippen molar-refractivity contribution in [2.45, 2.75) is 25.8 Å². The van der Waals surface area contributed by atoms with Crippen LogP contribution in [-0.2, 0) is 4.74 Å². The molecule has 0 aromatic heterocycles. The van der Waals surface area contributed by atoms with Crippen LogP contribution in [0.15, 0.2) is 24.3 Å². The number of aryl methyl sites for hydroxylation is 1. The van der Waals surface area contributed by atoms with Crippen LogP contribution in [0.2, 0.25) is 0 Å². The van der Waals surface area contributed by atoms with Gasteiger partial charge in [0.25, 0.3) is 0 Å². The minimum Gasteiger partial charge on any atom is -0.381 e. The van der Waals surface area contributed by atoms with Crippen molar-refractivity contribution in [3.63, 3.8) is 0 Å². The molecule has 1 heterocycles. The van der Waals surface area contributed by atoms with Crippen molar-refractivity contribution in [2.24, 2.45) is 11.7 Å². The van der Waals surface area contributed by atoms with E-state index in [2.05, 4.69) is 31.2 Å². The Kier molecular flexibility index (Phi) is 3.39. The molecule has 82 valence electrons. The summed E-state index contributed by atoms with van der Waals surface area (Å²) in [6.45, 7) is 3.83. The van der Waals surface area contributed by atoms with Crippen molar-refractivity contribution >= 4 is 0 Å². The van der Waals surface area contributed by atoms with Crippen molar-refractivity contribution in [2.75, 3.05) is 13.2 Å². The molecule has 1 fully saturated rings. The summed E-state index contributed by atoms with van der Waals surface area (Å²) < 4.78 is 5.35. The summed E-state index contributed by atoms with van der Waals surface area (Å²) in [5.41, 5.74) is 8.81. The van der Waals surface area contributed by atoms with E-state index in [0.717, 1.165) is 26.1 Å². The molecule has 2 rings (SSSR count). The Morgan fingerprint density at radius 2 is 1.80 bits per heavy atom. The molecule has 1 aromatic carbocycles. The van der Waals surface area contributed by atoms with Crippen LogP contribution in [0.4, 0.5) is 0 Å². The van der Waals surface area contributed by atoms with Gasteiger partial charge < -0.3 is 10.5 Å². The maximum atomic E-state index is 6.26. The van der Waals surface area contributed by atoms with E-state index in [0.29, 0.717) is 5.92 Å². The van der Waals surface area contributed by atoms with Crippen molar-refractivity contribution in [1.29, 1.82) is 0 Å². The summed E-state index contributed by atoms with van der Waals surface area (Å²) in [7, 11) is 0. The standard InChI is InChI=1S/C13H19NO/c1-10-2-4-11(5-3-10)13(14)12-6-8-15-9-7-12/h2-5,12-13H,6-9,14H2,1H3/t13-/m1/s1. The average molecular weight is 205 g/mol. The second-order valence-electron chi connectivity index (χ2n) is 4.39. The third kappa shape index (κ3) is 2.58. The van der Waals surface area contributed by atoms with Gasteiger partial charge in [0.2, 0.25) is 0 Å². The number of nitrogens with two attached hydrogens (primary N) is 1. The average Bonchev–Trinajstić information content (AvgIpc) is 2.30. The van der Waals surface area contributed by atoms with Crippen LogP contribution in [0.3, 0.4) is 0 Å². The van der Waals surface area contributed by atoms with Crippen LogP contribution in [-0.4, -0.2) is 13.2 Å². The molecule has 15 heavy (non-hydrogen) atoms. The van der Waals surface area contributed by atoms with Crippen LogP contribution in [0.25, 0.3) is 0 Å². The smallest absolute Gasteiger partial charge is 0.0469 e. The quantitative estimate of drug-likeness (QED) is 0.804. The van der Waals surface area contributed by atoms with Crippen LogP contribution in [0.5, 0.6) is 0 Å². The molecule has 0 aliphatic carbocycles. The predicted molar refractivity (Wildman–Crippen MR) is 61.7 cm³/mol. The van der Waals surface area contributed by atoms with Gasteiger partial charge >= 0.3 is 0 Å². The highest BCUT2D eigenvalue weighted by Gasteiger charge is 2.21. The Labute approximate surface area is 91.4 Å². The normalized spacial score (nSPS) is 20.1. The van der Waals surface area contributed by atoms with Crippen molar-refractivity contribution in [1.82, 2.24) is 0 Å². The number of hydrogen-bond donors (Lipinski definition) is 1. The molecule has 1 aromatic rings. The number of benzene rings is 1. The van der Waals surface area contributed by atoms with E-state index in [1.165, 1.54) is 11.1 Å². The van der Waals surface area contributed by atoms with Gasteiger partial charge in [-0.05, 0) is 31.2 Å². The van der Waals surface area contributed by atoms with Crippen LogP contribution in [0, 0.1) is 12.8 Å². The maximum Gasteiger partial charge on any atom is 0.0469 e. The highest BCUT2D eigenvalue weighted by atomic mass is 16.5. The van der Waals surface area contributed by atoms with E-state index in [-0.39, 0.29) is 6.04 Å². The minimum absolute atomic E-state index is 0.175. The Hall–Kier alpha value is -0.860. The molecule has 2 nitrogen and oxygen atoms in total. The maximum absolute atomic E-state index is 6.26. The molecule has 0 spiro atoms. The fourth-order valence-electron chi connectivity index (χ4n) is 2.14. The number of hydrogen-bond acceptors (Lipinski definition) is 2. The van der Waals surface area contributed by atoms with Gasteiger partial charge in [-0.15, -0.1) is 0 Å². The third-order valence-corrected chi connectivity index (χ3v) is 3.24. The summed E-state index contributed by atoms with van der Waals surface area (Å²) in [5, 5.41) is 0. The molecule has 0 amide bonds. The summed E-state index contributed by atoms with van der Waals surface area (Å²) in [4.78, 5) is 0. The Morgan fingerprint density at radius 3 is 2.40 bits per heavy atom. The molecule has 0 radical (unpaired) electrons. The van der Waals surface area contributed by atoms with Gasteiger partial charge in [-0.25, -0.2) is 0 Å². The zero-order chi connectivity index (χ0) is 10.7. The third-order valence-electron chi connectivity index (χ3n) is 3.24. The zero-order valence-corrected chi connectivity index (χ0v) is 9.28. The van der Waals surface area contributed by atoms with Gasteiger partial charge in [0.05, 0.1) is 0 Å². The molecule has 1 aliphatic rings. The monoisotopic (exact) mass is 205 g/mol. The predicted octanol–water partition coefficient (Wildman–Crippen LogP) is 2.42. The molecule has 0 bridgehead atoms. The lowest BCUT2D eigenvalue weighted by Crippen LogP contribution is -2.27. The summed E-state index contributed by atoms with van der Waals surface area (Å²) >= 11 is 0. The molecule has 2 N–H and O–H groups in total. The molecule has 0 saturated carbocycles. The van der Waals surface area contributed by atoms with E-state index in [4.69, 9.17) is 10.5 Å². The first kappa shape index (κ1) is 10.7. The number of ether oxygens (including phenoxy) is 1. The molecular weight excluding hydrogens is 186 g/mol. The van der Waals surface area contributed by atoms with Gasteiger partial charge in [0.1, 0.15) is 0 Å². The van der Waals surface area contributed by atoms with Gasteiger partial charge in [-0.3, -0.25) is 0 Å². The molecule has 0 unspecified atom stereocenters. The van der Waals surface area contributed by atoms with Gasteiger partial charge in [0, 0.05) is 19.3 Å². The second kappa shape index (κ2) is 4.77. The molecule has 2 heteroatoms. The van der Waals surface area contributed by atoms with E-state index >= 15 is 0 Å². The fraction of sp³-hybridized carbons (Fsp3) is 0.538. The van der Waals surface area contributed by atoms with Crippen LogP contribution < -0.4 is 5.73 Å². The fourth-order valence-corrected chi connectivity index (χ4v) is 2.14. The second-order valence-corrected chi connectivity index (χ2v) is 4.39. The molecule has 1 aliphatic heterocycles. The molecule has 1 atom stereocenters. The largest absolute Gasteiger partial charge is 0.381 e. The lowest BCUT2D eigenvalue weighted by Gasteiger charge is -2.27. The first-order valence-electron chi connectivity index (χ1n) is 5.67. The van der Waals surface area contributed by atoms with Crippen LogP contribution in [0.1, 0.15) is 30.0 Å². The highest BCUT2D eigenvalue weighted by molar-refractivity contribution is 5.24. The lowest BCUT2D eigenvalue weighted by molar-refractivity contribution is 0.0584. The Balaban J connectivity index is 2.05. The van der Waals surface area contributed by atoms with E-state index in [1.807, 2.05) is 0 Å². The zero-order valence-electron chi connectivity index (χ0n) is 9.28. The molecular formula is C13H19NO. The first-order valence-corrected chi connectivity index (χ1v) is 5.67. The minimum atomic E-state index is 0.175. The summed E-state index contributed by atoms with van der Waals surface area (Å²) in [5.74, 6) is 0.585. The summed E-state index contributed by atoms with van der Waals surface area (Å²) in [6, 6.07) is 8.74. The lowest BCUT2D eigenvalue weighted by atomic mass is 9.87. The van der Waals surface area contributed by atoms with E-state index in [9.17, 15) is 0 Å². The van der Waals surface area contributed by atoms with Gasteiger partial charge in [-0.2, -0.15) is 0 Å². The van der Waals surface area contributed by atoms with E-state index < -0.39 is 0 Å². The Morgan fingerprint density at radius 1 is 1.20 bits per heavy atom. The van der Waals surface area contributed by atoms with E-state index in [1.54, 1.807) is 0 Å². The first-order chi connectivity index (χ1) is 7.27. The van der Waals surface area contributed by atoms with Crippen LogP contribution >= 0.6 is 0 Å². The SMILES string of the molecule is Cc1ccc([C@@H](N)C2CCOCC2)cc1.